The van der Waals surface area contributed by atoms with Crippen molar-refractivity contribution in [2.24, 2.45) is 11.8 Å². The molecule has 1 aliphatic rings. The Kier molecular flexibility index (Phi) is 4.48. The first-order valence-electron chi connectivity index (χ1n) is 6.76. The van der Waals surface area contributed by atoms with Gasteiger partial charge in [0.1, 0.15) is 0 Å². The Hall–Kier alpha value is -1.36. The second-order valence-corrected chi connectivity index (χ2v) is 6.48. The van der Waals surface area contributed by atoms with Gasteiger partial charge in [-0.15, -0.1) is 0 Å². The minimum atomic E-state index is -0.197. The van der Waals surface area contributed by atoms with Crippen LogP contribution in [-0.4, -0.2) is 17.9 Å². The van der Waals surface area contributed by atoms with Crippen molar-refractivity contribution in [2.75, 3.05) is 5.32 Å². The fourth-order valence-corrected chi connectivity index (χ4v) is 2.63. The van der Waals surface area contributed by atoms with Crippen LogP contribution in [0.5, 0.6) is 0 Å². The monoisotopic (exact) mass is 338 g/mol. The van der Waals surface area contributed by atoms with Gasteiger partial charge >= 0.3 is 0 Å². The lowest BCUT2D eigenvalue weighted by molar-refractivity contribution is -0.125. The van der Waals surface area contributed by atoms with Crippen molar-refractivity contribution in [3.05, 3.63) is 28.2 Å². The van der Waals surface area contributed by atoms with E-state index in [-0.39, 0.29) is 29.7 Å². The zero-order valence-electron chi connectivity index (χ0n) is 11.9. The molecule has 0 aliphatic heterocycles. The van der Waals surface area contributed by atoms with Gasteiger partial charge in [-0.3, -0.25) is 9.59 Å². The minimum Gasteiger partial charge on any atom is -0.354 e. The molecular weight excluding hydrogens is 320 g/mol. The summed E-state index contributed by atoms with van der Waals surface area (Å²) in [4.78, 5) is 23.9. The molecule has 1 aromatic carbocycles. The third-order valence-electron chi connectivity index (χ3n) is 3.34. The molecule has 1 aliphatic carbocycles. The summed E-state index contributed by atoms with van der Waals surface area (Å²) in [7, 11) is 0. The highest BCUT2D eigenvalue weighted by molar-refractivity contribution is 9.10. The van der Waals surface area contributed by atoms with Crippen LogP contribution in [0.2, 0.25) is 0 Å². The number of halogens is 1. The van der Waals surface area contributed by atoms with E-state index in [1.54, 1.807) is 0 Å². The van der Waals surface area contributed by atoms with E-state index in [0.717, 1.165) is 15.7 Å². The van der Waals surface area contributed by atoms with Crippen LogP contribution in [-0.2, 0) is 9.59 Å². The standard InChI is InChI=1S/C15H19BrN2O2/c1-8(2)17-14(19)11-7-12(11)15(20)18-13-5-4-10(16)6-9(13)3/h4-6,8,11-12H,7H2,1-3H3,(H,17,19)(H,18,20). The second kappa shape index (κ2) is 5.95. The lowest BCUT2D eigenvalue weighted by Crippen LogP contribution is -2.32. The molecule has 108 valence electrons. The van der Waals surface area contributed by atoms with Gasteiger partial charge in [0.25, 0.3) is 0 Å². The summed E-state index contributed by atoms with van der Waals surface area (Å²) in [6, 6.07) is 5.81. The Labute approximate surface area is 127 Å². The molecule has 0 heterocycles. The maximum Gasteiger partial charge on any atom is 0.228 e. The van der Waals surface area contributed by atoms with Crippen molar-refractivity contribution >= 4 is 33.4 Å². The quantitative estimate of drug-likeness (QED) is 0.886. The van der Waals surface area contributed by atoms with E-state index in [1.807, 2.05) is 39.0 Å². The maximum absolute atomic E-state index is 12.1. The number of hydrogen-bond donors (Lipinski definition) is 2. The average Bonchev–Trinajstić information content (AvgIpc) is 3.12. The van der Waals surface area contributed by atoms with Crippen molar-refractivity contribution in [3.63, 3.8) is 0 Å². The van der Waals surface area contributed by atoms with Crippen LogP contribution in [0.15, 0.2) is 22.7 Å². The number of anilines is 1. The van der Waals surface area contributed by atoms with Crippen LogP contribution < -0.4 is 10.6 Å². The van der Waals surface area contributed by atoms with Gasteiger partial charge in [0.2, 0.25) is 11.8 Å². The number of benzene rings is 1. The highest BCUT2D eigenvalue weighted by atomic mass is 79.9. The van der Waals surface area contributed by atoms with Crippen molar-refractivity contribution in [2.45, 2.75) is 33.2 Å². The normalized spacial score (nSPS) is 20.6. The summed E-state index contributed by atoms with van der Waals surface area (Å²) in [6.07, 6.45) is 0.639. The maximum atomic E-state index is 12.1. The number of rotatable bonds is 4. The SMILES string of the molecule is Cc1cc(Br)ccc1NC(=O)C1CC1C(=O)NC(C)C. The Morgan fingerprint density at radius 3 is 2.50 bits per heavy atom. The number of amides is 2. The molecule has 0 saturated heterocycles. The van der Waals surface area contributed by atoms with Crippen molar-refractivity contribution in [3.8, 4) is 0 Å². The largest absolute Gasteiger partial charge is 0.354 e. The van der Waals surface area contributed by atoms with E-state index >= 15 is 0 Å². The van der Waals surface area contributed by atoms with Crippen molar-refractivity contribution < 1.29 is 9.59 Å². The average molecular weight is 339 g/mol. The second-order valence-electron chi connectivity index (χ2n) is 5.56. The predicted octanol–water partition coefficient (Wildman–Crippen LogP) is 2.86. The van der Waals surface area contributed by atoms with E-state index < -0.39 is 0 Å². The zero-order chi connectivity index (χ0) is 14.9. The van der Waals surface area contributed by atoms with Crippen molar-refractivity contribution in [1.82, 2.24) is 5.32 Å². The van der Waals surface area contributed by atoms with Crippen LogP contribution in [0.4, 0.5) is 5.69 Å². The fraction of sp³-hybridized carbons (Fsp3) is 0.467. The summed E-state index contributed by atoms with van der Waals surface area (Å²) >= 11 is 3.39. The summed E-state index contributed by atoms with van der Waals surface area (Å²) in [6.45, 7) is 5.78. The molecule has 0 radical (unpaired) electrons. The van der Waals surface area contributed by atoms with Crippen LogP contribution in [0.3, 0.4) is 0 Å². The van der Waals surface area contributed by atoms with Gasteiger partial charge in [0, 0.05) is 16.2 Å². The molecule has 4 nitrogen and oxygen atoms in total. The van der Waals surface area contributed by atoms with Crippen LogP contribution >= 0.6 is 15.9 Å². The Bertz CT molecular complexity index is 543. The van der Waals surface area contributed by atoms with E-state index in [2.05, 4.69) is 26.6 Å². The summed E-state index contributed by atoms with van der Waals surface area (Å²) in [5, 5.41) is 5.74. The van der Waals surface area contributed by atoms with Gasteiger partial charge in [-0.2, -0.15) is 0 Å². The first kappa shape index (κ1) is 15.0. The van der Waals surface area contributed by atoms with Gasteiger partial charge in [0.05, 0.1) is 11.8 Å². The van der Waals surface area contributed by atoms with Gasteiger partial charge in [-0.05, 0) is 51.0 Å². The molecule has 2 amide bonds. The van der Waals surface area contributed by atoms with E-state index in [9.17, 15) is 9.59 Å². The molecule has 2 unspecified atom stereocenters. The molecule has 0 bridgehead atoms. The number of carbonyl (C=O) groups is 2. The summed E-state index contributed by atoms with van der Waals surface area (Å²) in [5.74, 6) is -0.461. The van der Waals surface area contributed by atoms with Crippen LogP contribution in [0, 0.1) is 18.8 Å². The molecule has 1 fully saturated rings. The number of aryl methyl sites for hydroxylation is 1. The molecule has 2 atom stereocenters. The smallest absolute Gasteiger partial charge is 0.228 e. The Morgan fingerprint density at radius 2 is 1.90 bits per heavy atom. The highest BCUT2D eigenvalue weighted by Gasteiger charge is 2.48. The highest BCUT2D eigenvalue weighted by Crippen LogP contribution is 2.39. The summed E-state index contributed by atoms with van der Waals surface area (Å²) in [5.41, 5.74) is 1.80. The number of nitrogens with one attached hydrogen (secondary N) is 2. The zero-order valence-corrected chi connectivity index (χ0v) is 13.5. The van der Waals surface area contributed by atoms with E-state index in [0.29, 0.717) is 6.42 Å². The molecule has 1 aromatic rings. The van der Waals surface area contributed by atoms with Gasteiger partial charge in [-0.25, -0.2) is 0 Å². The molecule has 0 spiro atoms. The first-order valence-corrected chi connectivity index (χ1v) is 7.55. The lowest BCUT2D eigenvalue weighted by atomic mass is 10.2. The Balaban J connectivity index is 1.92. The molecule has 5 heteroatoms. The molecule has 1 saturated carbocycles. The lowest BCUT2D eigenvalue weighted by Gasteiger charge is -2.10. The van der Waals surface area contributed by atoms with Crippen molar-refractivity contribution in [1.29, 1.82) is 0 Å². The minimum absolute atomic E-state index is 0.0207. The van der Waals surface area contributed by atoms with E-state index in [4.69, 9.17) is 0 Å². The van der Waals surface area contributed by atoms with Crippen LogP contribution in [0.1, 0.15) is 25.8 Å². The predicted molar refractivity (Wildman–Crippen MR) is 82.4 cm³/mol. The number of carbonyl (C=O) groups excluding carboxylic acids is 2. The number of hydrogen-bond acceptors (Lipinski definition) is 2. The third kappa shape index (κ3) is 3.60. The molecule has 2 N–H and O–H groups in total. The van der Waals surface area contributed by atoms with Gasteiger partial charge in [0.15, 0.2) is 0 Å². The summed E-state index contributed by atoms with van der Waals surface area (Å²) < 4.78 is 0.980. The Morgan fingerprint density at radius 1 is 1.25 bits per heavy atom. The van der Waals surface area contributed by atoms with Gasteiger partial charge < -0.3 is 10.6 Å². The first-order chi connectivity index (χ1) is 9.38. The topological polar surface area (TPSA) is 58.2 Å². The third-order valence-corrected chi connectivity index (χ3v) is 3.83. The van der Waals surface area contributed by atoms with Gasteiger partial charge in [-0.1, -0.05) is 15.9 Å². The van der Waals surface area contributed by atoms with Crippen LogP contribution in [0.25, 0.3) is 0 Å². The van der Waals surface area contributed by atoms with E-state index in [1.165, 1.54) is 0 Å². The molecular formula is C15H19BrN2O2. The fourth-order valence-electron chi connectivity index (χ4n) is 2.16. The molecule has 20 heavy (non-hydrogen) atoms. The molecule has 2 rings (SSSR count). The molecule has 0 aromatic heterocycles.